The van der Waals surface area contributed by atoms with E-state index in [0.29, 0.717) is 6.54 Å². The van der Waals surface area contributed by atoms with Crippen molar-refractivity contribution in [3.05, 3.63) is 59.0 Å². The van der Waals surface area contributed by atoms with Crippen LogP contribution in [0.15, 0.2) is 41.0 Å². The van der Waals surface area contributed by atoms with Crippen LogP contribution >= 0.6 is 0 Å². The Hall–Kier alpha value is -1.58. The fourth-order valence-corrected chi connectivity index (χ4v) is 2.79. The monoisotopic (exact) mass is 256 g/mol. The molecule has 0 bridgehead atoms. The van der Waals surface area contributed by atoms with Gasteiger partial charge in [-0.25, -0.2) is 0 Å². The molecule has 3 rings (SSSR count). The lowest BCUT2D eigenvalue weighted by Gasteiger charge is -2.26. The lowest BCUT2D eigenvalue weighted by atomic mass is 10.0. The minimum absolute atomic E-state index is 0.694. The maximum atomic E-state index is 5.71. The van der Waals surface area contributed by atoms with Crippen molar-refractivity contribution in [1.82, 2.24) is 4.90 Å². The summed E-state index contributed by atoms with van der Waals surface area (Å²) in [6, 6.07) is 10.6. The molecule has 1 aromatic heterocycles. The Bertz CT molecular complexity index is 533. The van der Waals surface area contributed by atoms with Crippen LogP contribution in [0.3, 0.4) is 0 Å². The molecule has 0 fully saturated rings. The highest BCUT2D eigenvalue weighted by Crippen LogP contribution is 2.25. The summed E-state index contributed by atoms with van der Waals surface area (Å²) >= 11 is 0. The fourth-order valence-electron chi connectivity index (χ4n) is 2.79. The Balaban J connectivity index is 1.69. The number of rotatable bonds is 4. The van der Waals surface area contributed by atoms with E-state index in [-0.39, 0.29) is 0 Å². The molecule has 1 aliphatic rings. The normalized spacial score (nSPS) is 15.4. The zero-order valence-corrected chi connectivity index (χ0v) is 11.1. The molecule has 2 aromatic rings. The quantitative estimate of drug-likeness (QED) is 0.913. The van der Waals surface area contributed by atoms with E-state index in [1.165, 1.54) is 16.7 Å². The average Bonchev–Trinajstić information content (AvgIpc) is 2.83. The zero-order chi connectivity index (χ0) is 13.1. The van der Waals surface area contributed by atoms with Crippen molar-refractivity contribution < 1.29 is 4.42 Å². The summed E-state index contributed by atoms with van der Waals surface area (Å²) in [6.45, 7) is 3.70. The van der Waals surface area contributed by atoms with Gasteiger partial charge in [0.15, 0.2) is 0 Å². The summed E-state index contributed by atoms with van der Waals surface area (Å²) in [4.78, 5) is 2.44. The topological polar surface area (TPSA) is 42.4 Å². The molecular weight excluding hydrogens is 236 g/mol. The van der Waals surface area contributed by atoms with Crippen LogP contribution < -0.4 is 5.73 Å². The van der Waals surface area contributed by atoms with Gasteiger partial charge in [0.05, 0.1) is 12.8 Å². The number of fused-ring (bicyclic) bond motifs is 1. The van der Waals surface area contributed by atoms with Crippen molar-refractivity contribution in [2.24, 2.45) is 5.73 Å². The molecule has 100 valence electrons. The van der Waals surface area contributed by atoms with Crippen molar-refractivity contribution in [3.8, 4) is 0 Å². The highest BCUT2D eigenvalue weighted by atomic mass is 16.3. The Kier molecular flexibility index (Phi) is 3.67. The second-order valence-electron chi connectivity index (χ2n) is 5.15. The van der Waals surface area contributed by atoms with Gasteiger partial charge in [0.2, 0.25) is 0 Å². The first-order valence-corrected chi connectivity index (χ1v) is 6.91. The third-order valence-corrected chi connectivity index (χ3v) is 3.78. The molecule has 2 heterocycles. The Morgan fingerprint density at radius 1 is 1.21 bits per heavy atom. The van der Waals surface area contributed by atoms with E-state index in [1.807, 2.05) is 6.26 Å². The SMILES string of the molecule is NCCc1coc2c1CCN(Cc1ccccc1)C2. The fraction of sp³-hybridized carbons (Fsp3) is 0.375. The Morgan fingerprint density at radius 2 is 2.05 bits per heavy atom. The van der Waals surface area contributed by atoms with Gasteiger partial charge in [0, 0.05) is 13.1 Å². The van der Waals surface area contributed by atoms with Gasteiger partial charge >= 0.3 is 0 Å². The largest absolute Gasteiger partial charge is 0.467 e. The number of nitrogens with zero attached hydrogens (tertiary/aromatic N) is 1. The van der Waals surface area contributed by atoms with E-state index in [4.69, 9.17) is 10.2 Å². The summed E-state index contributed by atoms with van der Waals surface area (Å²) in [5.41, 5.74) is 9.69. The smallest absolute Gasteiger partial charge is 0.121 e. The molecule has 0 saturated heterocycles. The standard InChI is InChI=1S/C16H20N2O/c17-8-6-14-12-19-16-11-18(9-7-15(14)16)10-13-4-2-1-3-5-13/h1-5,12H,6-11,17H2. The van der Waals surface area contributed by atoms with Gasteiger partial charge in [-0.2, -0.15) is 0 Å². The molecule has 2 N–H and O–H groups in total. The molecule has 0 spiro atoms. The molecule has 0 unspecified atom stereocenters. The van der Waals surface area contributed by atoms with Crippen LogP contribution in [0.1, 0.15) is 22.5 Å². The summed E-state index contributed by atoms with van der Waals surface area (Å²) in [7, 11) is 0. The van der Waals surface area contributed by atoms with Gasteiger partial charge in [-0.05, 0) is 36.1 Å². The minimum atomic E-state index is 0.694. The van der Waals surface area contributed by atoms with E-state index in [0.717, 1.165) is 38.2 Å². The number of benzene rings is 1. The average molecular weight is 256 g/mol. The molecule has 0 saturated carbocycles. The lowest BCUT2D eigenvalue weighted by molar-refractivity contribution is 0.221. The summed E-state index contributed by atoms with van der Waals surface area (Å²) in [5, 5.41) is 0. The van der Waals surface area contributed by atoms with Gasteiger partial charge < -0.3 is 10.2 Å². The first kappa shape index (κ1) is 12.5. The molecular formula is C16H20N2O. The maximum Gasteiger partial charge on any atom is 0.121 e. The van der Waals surface area contributed by atoms with Gasteiger partial charge in [-0.3, -0.25) is 4.90 Å². The van der Waals surface area contributed by atoms with Gasteiger partial charge in [-0.15, -0.1) is 0 Å². The highest BCUT2D eigenvalue weighted by Gasteiger charge is 2.21. The number of hydrogen-bond donors (Lipinski definition) is 1. The molecule has 0 atom stereocenters. The van der Waals surface area contributed by atoms with Crippen LogP contribution in [0.25, 0.3) is 0 Å². The molecule has 0 aliphatic carbocycles. The molecule has 0 amide bonds. The van der Waals surface area contributed by atoms with Crippen LogP contribution in [0.4, 0.5) is 0 Å². The van der Waals surface area contributed by atoms with Crippen molar-refractivity contribution in [1.29, 1.82) is 0 Å². The maximum absolute atomic E-state index is 5.71. The first-order chi connectivity index (χ1) is 9.36. The second kappa shape index (κ2) is 5.59. The van der Waals surface area contributed by atoms with Crippen molar-refractivity contribution >= 4 is 0 Å². The van der Waals surface area contributed by atoms with Crippen LogP contribution in [-0.4, -0.2) is 18.0 Å². The van der Waals surface area contributed by atoms with Gasteiger partial charge in [0.25, 0.3) is 0 Å². The molecule has 3 nitrogen and oxygen atoms in total. The highest BCUT2D eigenvalue weighted by molar-refractivity contribution is 5.30. The van der Waals surface area contributed by atoms with Crippen LogP contribution in [0.5, 0.6) is 0 Å². The van der Waals surface area contributed by atoms with E-state index in [9.17, 15) is 0 Å². The van der Waals surface area contributed by atoms with Crippen molar-refractivity contribution in [2.45, 2.75) is 25.9 Å². The zero-order valence-electron chi connectivity index (χ0n) is 11.1. The third-order valence-electron chi connectivity index (χ3n) is 3.78. The lowest BCUT2D eigenvalue weighted by Crippen LogP contribution is -2.29. The van der Waals surface area contributed by atoms with Crippen molar-refractivity contribution in [3.63, 3.8) is 0 Å². The Labute approximate surface area is 114 Å². The Morgan fingerprint density at radius 3 is 2.84 bits per heavy atom. The molecule has 0 radical (unpaired) electrons. The summed E-state index contributed by atoms with van der Waals surface area (Å²) < 4.78 is 5.71. The second-order valence-corrected chi connectivity index (χ2v) is 5.15. The molecule has 19 heavy (non-hydrogen) atoms. The molecule has 1 aromatic carbocycles. The van der Waals surface area contributed by atoms with E-state index in [1.54, 1.807) is 0 Å². The van der Waals surface area contributed by atoms with E-state index < -0.39 is 0 Å². The number of nitrogens with two attached hydrogens (primary N) is 1. The third kappa shape index (κ3) is 2.72. The summed E-state index contributed by atoms with van der Waals surface area (Å²) in [6.07, 6.45) is 3.90. The predicted molar refractivity (Wildman–Crippen MR) is 75.7 cm³/mol. The first-order valence-electron chi connectivity index (χ1n) is 6.91. The predicted octanol–water partition coefficient (Wildman–Crippen LogP) is 2.34. The summed E-state index contributed by atoms with van der Waals surface area (Å²) in [5.74, 6) is 1.13. The number of hydrogen-bond acceptors (Lipinski definition) is 3. The van der Waals surface area contributed by atoms with Crippen molar-refractivity contribution in [2.75, 3.05) is 13.1 Å². The van der Waals surface area contributed by atoms with E-state index >= 15 is 0 Å². The van der Waals surface area contributed by atoms with Gasteiger partial charge in [-0.1, -0.05) is 30.3 Å². The van der Waals surface area contributed by atoms with Crippen LogP contribution in [0.2, 0.25) is 0 Å². The van der Waals surface area contributed by atoms with Gasteiger partial charge in [0.1, 0.15) is 5.76 Å². The molecule has 1 aliphatic heterocycles. The van der Waals surface area contributed by atoms with Crippen LogP contribution in [0, 0.1) is 0 Å². The number of furan rings is 1. The van der Waals surface area contributed by atoms with Crippen LogP contribution in [-0.2, 0) is 25.9 Å². The van der Waals surface area contributed by atoms with E-state index in [2.05, 4.69) is 35.2 Å². The minimum Gasteiger partial charge on any atom is -0.467 e. The molecule has 3 heteroatoms.